The van der Waals surface area contributed by atoms with E-state index in [4.69, 9.17) is 10.2 Å². The minimum absolute atomic E-state index is 0.338. The van der Waals surface area contributed by atoms with Crippen molar-refractivity contribution in [2.24, 2.45) is 0 Å². The molecule has 6 heteroatoms. The Morgan fingerprint density at radius 2 is 2.00 bits per heavy atom. The molecule has 12 heavy (non-hydrogen) atoms. The topological polar surface area (TPSA) is 83.6 Å². The highest BCUT2D eigenvalue weighted by atomic mass is 79.9. The lowest BCUT2D eigenvalue weighted by Crippen LogP contribution is -1.88. The molecular formula is C6H4BrNO4. The zero-order valence-corrected chi connectivity index (χ0v) is 7.28. The molecule has 0 aliphatic rings. The molecule has 0 aliphatic heterocycles. The number of phenols is 2. The van der Waals surface area contributed by atoms with Crippen LogP contribution in [0.5, 0.6) is 11.5 Å². The van der Waals surface area contributed by atoms with E-state index in [-0.39, 0.29) is 0 Å². The Labute approximate surface area is 75.5 Å². The molecule has 0 heterocycles. The second-order valence-electron chi connectivity index (χ2n) is 2.05. The average Bonchev–Trinajstić information content (AvgIpc) is 1.96. The molecule has 0 spiro atoms. The highest BCUT2D eigenvalue weighted by Gasteiger charge is 2.17. The van der Waals surface area contributed by atoms with E-state index in [0.717, 1.165) is 6.07 Å². The first-order valence-corrected chi connectivity index (χ1v) is 3.67. The zero-order valence-electron chi connectivity index (χ0n) is 5.69. The molecular weight excluding hydrogens is 230 g/mol. The van der Waals surface area contributed by atoms with E-state index in [1.54, 1.807) is 0 Å². The van der Waals surface area contributed by atoms with Gasteiger partial charge in [0.2, 0.25) is 5.75 Å². The van der Waals surface area contributed by atoms with Crippen LogP contribution in [0.25, 0.3) is 0 Å². The summed E-state index contributed by atoms with van der Waals surface area (Å²) in [6, 6.07) is 2.28. The number of hydrogen-bond donors (Lipinski definition) is 2. The van der Waals surface area contributed by atoms with Crippen molar-refractivity contribution in [2.45, 2.75) is 0 Å². The van der Waals surface area contributed by atoms with Gasteiger partial charge in [0.15, 0.2) is 5.75 Å². The fourth-order valence-corrected chi connectivity index (χ4v) is 1.14. The predicted molar refractivity (Wildman–Crippen MR) is 44.1 cm³/mol. The van der Waals surface area contributed by atoms with Gasteiger partial charge in [0, 0.05) is 10.5 Å². The molecule has 2 N–H and O–H groups in total. The largest absolute Gasteiger partial charge is 0.504 e. The third-order valence-electron chi connectivity index (χ3n) is 1.23. The summed E-state index contributed by atoms with van der Waals surface area (Å²) in [7, 11) is 0. The molecule has 1 rings (SSSR count). The Morgan fingerprint density at radius 1 is 1.42 bits per heavy atom. The number of benzene rings is 1. The van der Waals surface area contributed by atoms with E-state index in [9.17, 15) is 10.1 Å². The van der Waals surface area contributed by atoms with Gasteiger partial charge in [0.25, 0.3) is 0 Å². The molecule has 0 aromatic heterocycles. The number of halogens is 1. The van der Waals surface area contributed by atoms with E-state index in [1.807, 2.05) is 0 Å². The lowest BCUT2D eigenvalue weighted by Gasteiger charge is -1.98. The first-order valence-electron chi connectivity index (χ1n) is 2.88. The van der Waals surface area contributed by atoms with Crippen LogP contribution in [0.4, 0.5) is 5.69 Å². The van der Waals surface area contributed by atoms with E-state index in [1.165, 1.54) is 6.07 Å². The maximum Gasteiger partial charge on any atom is 0.315 e. The highest BCUT2D eigenvalue weighted by molar-refractivity contribution is 9.10. The van der Waals surface area contributed by atoms with Gasteiger partial charge in [-0.3, -0.25) is 10.1 Å². The number of hydrogen-bond acceptors (Lipinski definition) is 4. The maximum atomic E-state index is 10.2. The van der Waals surface area contributed by atoms with Gasteiger partial charge in [-0.2, -0.15) is 0 Å². The Hall–Kier alpha value is -1.30. The van der Waals surface area contributed by atoms with Crippen LogP contribution < -0.4 is 0 Å². The van der Waals surface area contributed by atoms with Crippen molar-refractivity contribution in [1.82, 2.24) is 0 Å². The quantitative estimate of drug-likeness (QED) is 0.440. The second-order valence-corrected chi connectivity index (χ2v) is 2.97. The van der Waals surface area contributed by atoms with Crippen LogP contribution >= 0.6 is 15.9 Å². The van der Waals surface area contributed by atoms with Crippen LogP contribution in [0.3, 0.4) is 0 Å². The Morgan fingerprint density at radius 3 is 2.50 bits per heavy atom. The van der Waals surface area contributed by atoms with Gasteiger partial charge < -0.3 is 10.2 Å². The van der Waals surface area contributed by atoms with E-state index >= 15 is 0 Å². The minimum atomic E-state index is -0.778. The number of rotatable bonds is 1. The summed E-state index contributed by atoms with van der Waals surface area (Å²) in [5.41, 5.74) is -0.526. The molecule has 0 bridgehead atoms. The summed E-state index contributed by atoms with van der Waals surface area (Å²) in [5, 5.41) is 28.2. The van der Waals surface area contributed by atoms with Crippen LogP contribution in [-0.2, 0) is 0 Å². The molecule has 0 radical (unpaired) electrons. The number of nitro groups is 1. The predicted octanol–water partition coefficient (Wildman–Crippen LogP) is 1.77. The van der Waals surface area contributed by atoms with Crippen LogP contribution in [0, 0.1) is 10.1 Å². The van der Waals surface area contributed by atoms with Crippen molar-refractivity contribution in [3.05, 3.63) is 26.7 Å². The smallest absolute Gasteiger partial charge is 0.315 e. The lowest BCUT2D eigenvalue weighted by molar-refractivity contribution is -0.386. The van der Waals surface area contributed by atoms with Crippen molar-refractivity contribution in [1.29, 1.82) is 0 Å². The fraction of sp³-hybridized carbons (Fsp3) is 0. The molecule has 1 aromatic rings. The first-order chi connectivity index (χ1) is 5.52. The van der Waals surface area contributed by atoms with Gasteiger partial charge in [-0.15, -0.1) is 0 Å². The van der Waals surface area contributed by atoms with Gasteiger partial charge in [-0.25, -0.2) is 0 Å². The molecule has 0 atom stereocenters. The fourth-order valence-electron chi connectivity index (χ4n) is 0.710. The molecule has 0 saturated carbocycles. The summed E-state index contributed by atoms with van der Waals surface area (Å²) in [4.78, 5) is 9.46. The van der Waals surface area contributed by atoms with Gasteiger partial charge in [-0.1, -0.05) is 15.9 Å². The van der Waals surface area contributed by atoms with E-state index < -0.39 is 22.1 Å². The van der Waals surface area contributed by atoms with Crippen molar-refractivity contribution in [2.75, 3.05) is 0 Å². The first kappa shape index (κ1) is 8.79. The van der Waals surface area contributed by atoms with Crippen LogP contribution in [0.1, 0.15) is 0 Å². The van der Waals surface area contributed by atoms with Crippen molar-refractivity contribution in [3.63, 3.8) is 0 Å². The summed E-state index contributed by atoms with van der Waals surface area (Å²) in [6.45, 7) is 0. The molecule has 1 aromatic carbocycles. The Balaban J connectivity index is 3.37. The third kappa shape index (κ3) is 1.48. The average molecular weight is 234 g/mol. The van der Waals surface area contributed by atoms with Gasteiger partial charge in [0.05, 0.1) is 4.92 Å². The molecule has 0 saturated heterocycles. The minimum Gasteiger partial charge on any atom is -0.504 e. The summed E-state index contributed by atoms with van der Waals surface area (Å²) in [6.07, 6.45) is 0. The van der Waals surface area contributed by atoms with Gasteiger partial charge in [-0.05, 0) is 6.07 Å². The number of nitrogens with zero attached hydrogens (tertiary/aromatic N) is 1. The van der Waals surface area contributed by atoms with Gasteiger partial charge >= 0.3 is 5.69 Å². The van der Waals surface area contributed by atoms with Crippen LogP contribution in [0.15, 0.2) is 16.6 Å². The van der Waals surface area contributed by atoms with Crippen molar-refractivity contribution >= 4 is 21.6 Å². The third-order valence-corrected chi connectivity index (χ3v) is 1.69. The molecule has 64 valence electrons. The molecule has 0 aliphatic carbocycles. The van der Waals surface area contributed by atoms with Crippen LogP contribution in [0.2, 0.25) is 0 Å². The van der Waals surface area contributed by atoms with Crippen LogP contribution in [-0.4, -0.2) is 15.1 Å². The molecule has 0 fully saturated rings. The Kier molecular flexibility index (Phi) is 2.18. The monoisotopic (exact) mass is 233 g/mol. The summed E-state index contributed by atoms with van der Waals surface area (Å²) in [5.74, 6) is -1.24. The Bertz CT molecular complexity index is 339. The summed E-state index contributed by atoms with van der Waals surface area (Å²) >= 11 is 2.94. The van der Waals surface area contributed by atoms with Gasteiger partial charge in [0.1, 0.15) is 0 Å². The van der Waals surface area contributed by atoms with E-state index in [2.05, 4.69) is 15.9 Å². The van der Waals surface area contributed by atoms with Crippen molar-refractivity contribution < 1.29 is 15.1 Å². The van der Waals surface area contributed by atoms with E-state index in [0.29, 0.717) is 4.47 Å². The number of phenolic OH excluding ortho intramolecular Hbond substituents is 2. The second kappa shape index (κ2) is 2.98. The normalized spacial score (nSPS) is 9.75. The summed E-state index contributed by atoms with van der Waals surface area (Å²) < 4.78 is 0.338. The molecule has 0 unspecified atom stereocenters. The molecule has 5 nitrogen and oxygen atoms in total. The highest BCUT2D eigenvalue weighted by Crippen LogP contribution is 2.37. The SMILES string of the molecule is O=[N+]([O-])c1cc(Br)cc(O)c1O. The molecule has 0 amide bonds. The van der Waals surface area contributed by atoms with Crippen molar-refractivity contribution in [3.8, 4) is 11.5 Å². The zero-order chi connectivity index (χ0) is 9.30. The number of aromatic hydroxyl groups is 2. The standard InChI is InChI=1S/C6H4BrNO4/c7-3-1-4(8(11)12)6(10)5(9)2-3/h1-2,9-10H. The number of nitro benzene ring substituents is 1. The maximum absolute atomic E-state index is 10.2. The lowest BCUT2D eigenvalue weighted by atomic mass is 10.3.